The third-order valence-corrected chi connectivity index (χ3v) is 3.92. The lowest BCUT2D eigenvalue weighted by molar-refractivity contribution is 0.0466. The average Bonchev–Trinajstić information content (AvgIpc) is 2.61. The second-order valence-corrected chi connectivity index (χ2v) is 5.57. The van der Waals surface area contributed by atoms with E-state index in [4.69, 9.17) is 9.47 Å². The van der Waals surface area contributed by atoms with Crippen molar-refractivity contribution in [3.05, 3.63) is 77.0 Å². The highest BCUT2D eigenvalue weighted by Crippen LogP contribution is 2.24. The van der Waals surface area contributed by atoms with Crippen molar-refractivity contribution in [3.8, 4) is 0 Å². The number of methoxy groups -OCH3 is 1. The van der Waals surface area contributed by atoms with Crippen LogP contribution in [-0.4, -0.2) is 18.1 Å². The molecule has 2 aromatic carbocycles. The number of benzene rings is 2. The highest BCUT2D eigenvalue weighted by molar-refractivity contribution is 5.98. The van der Waals surface area contributed by atoms with Gasteiger partial charge in [-0.25, -0.2) is 9.78 Å². The van der Waals surface area contributed by atoms with Gasteiger partial charge in [0.1, 0.15) is 6.61 Å². The van der Waals surface area contributed by atoms with Crippen molar-refractivity contribution in [2.24, 2.45) is 0 Å². The number of hydrogen-bond donors (Lipinski definition) is 0. The summed E-state index contributed by atoms with van der Waals surface area (Å²) in [6, 6.07) is 17.4. The van der Waals surface area contributed by atoms with Gasteiger partial charge in [-0.3, -0.25) is 0 Å². The van der Waals surface area contributed by atoms with Crippen LogP contribution < -0.4 is 0 Å². The van der Waals surface area contributed by atoms with Gasteiger partial charge in [0.05, 0.1) is 23.4 Å². The predicted molar refractivity (Wildman–Crippen MR) is 92.8 cm³/mol. The summed E-state index contributed by atoms with van der Waals surface area (Å²) < 4.78 is 10.7. The lowest BCUT2D eigenvalue weighted by atomic mass is 10.0. The fraction of sp³-hybridized carbons (Fsp3) is 0.200. The van der Waals surface area contributed by atoms with Gasteiger partial charge in [0.15, 0.2) is 0 Å². The lowest BCUT2D eigenvalue weighted by Gasteiger charge is -2.14. The molecule has 3 aromatic rings. The third-order valence-electron chi connectivity index (χ3n) is 3.92. The molecule has 0 unspecified atom stereocenters. The molecule has 1 aromatic heterocycles. The molecule has 1 heterocycles. The van der Waals surface area contributed by atoms with E-state index in [0.717, 1.165) is 22.0 Å². The number of pyridine rings is 1. The Labute approximate surface area is 141 Å². The lowest BCUT2D eigenvalue weighted by Crippen LogP contribution is -2.13. The van der Waals surface area contributed by atoms with Crippen LogP contribution >= 0.6 is 0 Å². The second kappa shape index (κ2) is 7.23. The minimum atomic E-state index is -0.373. The molecule has 0 spiro atoms. The number of rotatable bonds is 5. The van der Waals surface area contributed by atoms with E-state index in [1.54, 1.807) is 7.11 Å². The van der Waals surface area contributed by atoms with Crippen molar-refractivity contribution in [1.82, 2.24) is 4.98 Å². The van der Waals surface area contributed by atoms with Crippen LogP contribution in [0, 0.1) is 6.92 Å². The van der Waals surface area contributed by atoms with Gasteiger partial charge in [-0.15, -0.1) is 0 Å². The van der Waals surface area contributed by atoms with E-state index in [1.807, 2.05) is 61.5 Å². The zero-order valence-electron chi connectivity index (χ0n) is 13.8. The number of hydrogen-bond acceptors (Lipinski definition) is 4. The summed E-state index contributed by atoms with van der Waals surface area (Å²) in [5.41, 5.74) is 3.76. The highest BCUT2D eigenvalue weighted by Gasteiger charge is 2.20. The van der Waals surface area contributed by atoms with Crippen LogP contribution in [0.1, 0.15) is 27.2 Å². The molecule has 0 aliphatic heterocycles. The van der Waals surface area contributed by atoms with Crippen LogP contribution in [-0.2, 0) is 22.7 Å². The van der Waals surface area contributed by atoms with E-state index >= 15 is 0 Å². The number of esters is 1. The fourth-order valence-corrected chi connectivity index (χ4v) is 2.75. The topological polar surface area (TPSA) is 48.4 Å². The van der Waals surface area contributed by atoms with Crippen LogP contribution in [0.5, 0.6) is 0 Å². The number of para-hydroxylation sites is 1. The van der Waals surface area contributed by atoms with Crippen LogP contribution in [0.15, 0.2) is 54.6 Å². The van der Waals surface area contributed by atoms with Gasteiger partial charge in [0, 0.05) is 12.5 Å². The molecule has 0 aliphatic rings. The Morgan fingerprint density at radius 3 is 2.46 bits per heavy atom. The molecule has 0 aliphatic carbocycles. The third kappa shape index (κ3) is 3.29. The molecule has 0 atom stereocenters. The van der Waals surface area contributed by atoms with E-state index in [-0.39, 0.29) is 19.2 Å². The zero-order valence-corrected chi connectivity index (χ0v) is 13.8. The molecule has 0 saturated carbocycles. The van der Waals surface area contributed by atoms with Gasteiger partial charge >= 0.3 is 5.97 Å². The molecular formula is C20H19NO3. The first-order valence-corrected chi connectivity index (χ1v) is 7.79. The van der Waals surface area contributed by atoms with Crippen molar-refractivity contribution in [2.45, 2.75) is 20.1 Å². The number of aryl methyl sites for hydroxylation is 1. The van der Waals surface area contributed by atoms with Gasteiger partial charge in [0.25, 0.3) is 0 Å². The monoisotopic (exact) mass is 321 g/mol. The molecule has 0 saturated heterocycles. The highest BCUT2D eigenvalue weighted by atomic mass is 16.5. The Balaban J connectivity index is 1.95. The van der Waals surface area contributed by atoms with E-state index in [0.29, 0.717) is 11.3 Å². The smallest absolute Gasteiger partial charge is 0.340 e. The van der Waals surface area contributed by atoms with Crippen molar-refractivity contribution in [1.29, 1.82) is 0 Å². The molecule has 0 radical (unpaired) electrons. The number of carbonyl (C=O) groups excluding carboxylic acids is 1. The van der Waals surface area contributed by atoms with Gasteiger partial charge in [0.2, 0.25) is 0 Å². The van der Waals surface area contributed by atoms with Crippen LogP contribution in [0.25, 0.3) is 10.9 Å². The first-order chi connectivity index (χ1) is 11.7. The minimum Gasteiger partial charge on any atom is -0.457 e. The second-order valence-electron chi connectivity index (χ2n) is 5.57. The fourth-order valence-electron chi connectivity index (χ4n) is 2.75. The molecule has 4 nitrogen and oxygen atoms in total. The number of carbonyl (C=O) groups is 1. The minimum absolute atomic E-state index is 0.234. The standard InChI is InChI=1S/C20H19NO3/c1-14-16-10-6-7-11-17(16)21-18(13-23-2)19(14)20(22)24-12-15-8-4-3-5-9-15/h3-11H,12-13H2,1-2H3. The first-order valence-electron chi connectivity index (χ1n) is 7.79. The maximum atomic E-state index is 12.7. The molecule has 0 amide bonds. The van der Waals surface area contributed by atoms with Crippen molar-refractivity contribution in [2.75, 3.05) is 7.11 Å². The quantitative estimate of drug-likeness (QED) is 0.665. The van der Waals surface area contributed by atoms with Crippen molar-refractivity contribution < 1.29 is 14.3 Å². The summed E-state index contributed by atoms with van der Waals surface area (Å²) in [5.74, 6) is -0.373. The number of fused-ring (bicyclic) bond motifs is 1. The molecule has 3 rings (SSSR count). The summed E-state index contributed by atoms with van der Waals surface area (Å²) in [7, 11) is 1.59. The number of ether oxygens (including phenoxy) is 2. The molecule has 122 valence electrons. The predicted octanol–water partition coefficient (Wildman–Crippen LogP) is 4.05. The zero-order chi connectivity index (χ0) is 16.9. The largest absolute Gasteiger partial charge is 0.457 e. The van der Waals surface area contributed by atoms with Gasteiger partial charge in [-0.1, -0.05) is 48.5 Å². The average molecular weight is 321 g/mol. The van der Waals surface area contributed by atoms with Crippen LogP contribution in [0.2, 0.25) is 0 Å². The normalized spacial score (nSPS) is 10.8. The Hall–Kier alpha value is -2.72. The SMILES string of the molecule is COCc1nc2ccccc2c(C)c1C(=O)OCc1ccccc1. The van der Waals surface area contributed by atoms with E-state index < -0.39 is 0 Å². The Morgan fingerprint density at radius 1 is 1.00 bits per heavy atom. The molecule has 0 fully saturated rings. The summed E-state index contributed by atoms with van der Waals surface area (Å²) in [5, 5.41) is 0.948. The summed E-state index contributed by atoms with van der Waals surface area (Å²) in [4.78, 5) is 17.2. The molecule has 4 heteroatoms. The Morgan fingerprint density at radius 2 is 1.71 bits per heavy atom. The number of aromatic nitrogens is 1. The van der Waals surface area contributed by atoms with Gasteiger partial charge in [-0.2, -0.15) is 0 Å². The summed E-state index contributed by atoms with van der Waals surface area (Å²) in [6.07, 6.45) is 0. The maximum Gasteiger partial charge on any atom is 0.340 e. The van der Waals surface area contributed by atoms with E-state index in [9.17, 15) is 4.79 Å². The maximum absolute atomic E-state index is 12.7. The Kier molecular flexibility index (Phi) is 4.87. The summed E-state index contributed by atoms with van der Waals surface area (Å²) in [6.45, 7) is 2.42. The molecule has 0 N–H and O–H groups in total. The Bertz CT molecular complexity index is 859. The van der Waals surface area contributed by atoms with Crippen LogP contribution in [0.4, 0.5) is 0 Å². The molecular weight excluding hydrogens is 302 g/mol. The first kappa shape index (κ1) is 16.1. The van der Waals surface area contributed by atoms with Gasteiger partial charge in [-0.05, 0) is 24.1 Å². The van der Waals surface area contributed by atoms with Crippen molar-refractivity contribution in [3.63, 3.8) is 0 Å². The van der Waals surface area contributed by atoms with Crippen molar-refractivity contribution >= 4 is 16.9 Å². The van der Waals surface area contributed by atoms with Crippen LogP contribution in [0.3, 0.4) is 0 Å². The van der Waals surface area contributed by atoms with E-state index in [2.05, 4.69) is 4.98 Å². The van der Waals surface area contributed by atoms with E-state index in [1.165, 1.54) is 0 Å². The molecule has 24 heavy (non-hydrogen) atoms. The molecule has 0 bridgehead atoms. The number of nitrogens with zero attached hydrogens (tertiary/aromatic N) is 1. The summed E-state index contributed by atoms with van der Waals surface area (Å²) >= 11 is 0. The van der Waals surface area contributed by atoms with Gasteiger partial charge < -0.3 is 9.47 Å².